The number of carbonyl (C=O) groups excluding carboxylic acids is 1. The molecule has 9 heteroatoms. The fourth-order valence-corrected chi connectivity index (χ4v) is 4.81. The summed E-state index contributed by atoms with van der Waals surface area (Å²) in [6, 6.07) is 11.0. The van der Waals surface area contributed by atoms with Gasteiger partial charge in [0.1, 0.15) is 11.5 Å². The van der Waals surface area contributed by atoms with Crippen LogP contribution in [0.15, 0.2) is 36.4 Å². The fourth-order valence-electron chi connectivity index (χ4n) is 3.85. The maximum atomic E-state index is 11.8. The molecule has 0 spiro atoms. The van der Waals surface area contributed by atoms with Crippen LogP contribution in [0.5, 0.6) is 0 Å². The van der Waals surface area contributed by atoms with Gasteiger partial charge in [-0.3, -0.25) is 0 Å². The van der Waals surface area contributed by atoms with Crippen molar-refractivity contribution in [1.82, 2.24) is 0 Å². The molecule has 170 valence electrons. The van der Waals surface area contributed by atoms with Crippen molar-refractivity contribution < 1.29 is 29.6 Å². The van der Waals surface area contributed by atoms with Gasteiger partial charge in [0.25, 0.3) is 0 Å². The van der Waals surface area contributed by atoms with Crippen molar-refractivity contribution in [2.45, 2.75) is 25.2 Å². The molecule has 1 fully saturated rings. The molecule has 0 radical (unpaired) electrons. The molecular weight excluding hydrogens is 442 g/mol. The highest BCUT2D eigenvalue weighted by molar-refractivity contribution is 7.13. The lowest BCUT2D eigenvalue weighted by Gasteiger charge is -2.29. The summed E-state index contributed by atoms with van der Waals surface area (Å²) in [6.45, 7) is 0.942. The predicted molar refractivity (Wildman–Crippen MR) is 120 cm³/mol. The average Bonchev–Trinajstić information content (AvgIpc) is 3.32. The van der Waals surface area contributed by atoms with E-state index in [4.69, 9.17) is 26.2 Å². The van der Waals surface area contributed by atoms with Crippen molar-refractivity contribution in [1.29, 1.82) is 0 Å². The molecule has 1 aromatic heterocycles. The maximum absolute atomic E-state index is 11.8. The van der Waals surface area contributed by atoms with Crippen molar-refractivity contribution >= 4 is 34.6 Å². The van der Waals surface area contributed by atoms with Crippen molar-refractivity contribution in [3.63, 3.8) is 0 Å². The van der Waals surface area contributed by atoms with E-state index in [-0.39, 0.29) is 25.0 Å². The molecule has 3 rings (SSSR count). The highest BCUT2D eigenvalue weighted by atomic mass is 35.5. The number of aliphatic hydroxyl groups is 3. The number of ether oxygens (including phenoxy) is 2. The molecule has 7 nitrogen and oxygen atoms in total. The van der Waals surface area contributed by atoms with Gasteiger partial charge in [-0.1, -0.05) is 11.6 Å². The Morgan fingerprint density at radius 3 is 2.58 bits per heavy atom. The number of halogens is 1. The molecule has 1 aliphatic rings. The fraction of sp³-hybridized carbons (Fsp3) is 0.500. The van der Waals surface area contributed by atoms with Crippen LogP contribution >= 0.6 is 22.9 Å². The molecule has 0 amide bonds. The molecule has 0 bridgehead atoms. The van der Waals surface area contributed by atoms with Crippen molar-refractivity contribution in [3.8, 4) is 0 Å². The van der Waals surface area contributed by atoms with Gasteiger partial charge in [0.15, 0.2) is 0 Å². The number of hydrogen-bond donors (Lipinski definition) is 3. The lowest BCUT2D eigenvalue weighted by Crippen LogP contribution is -2.36. The second kappa shape index (κ2) is 11.3. The minimum Gasteiger partial charge on any atom is -0.459 e. The zero-order valence-corrected chi connectivity index (χ0v) is 18.9. The first kappa shape index (κ1) is 24.0. The molecule has 1 saturated carbocycles. The molecule has 2 unspecified atom stereocenters. The van der Waals surface area contributed by atoms with Crippen molar-refractivity contribution in [2.24, 2.45) is 11.8 Å². The zero-order valence-electron chi connectivity index (χ0n) is 17.3. The summed E-state index contributed by atoms with van der Waals surface area (Å²) in [5, 5.41) is 30.3. The second-order valence-corrected chi connectivity index (χ2v) is 9.30. The Morgan fingerprint density at radius 2 is 1.87 bits per heavy atom. The first-order chi connectivity index (χ1) is 14.9. The number of hydrogen-bond acceptors (Lipinski definition) is 8. The minimum absolute atomic E-state index is 0.0314. The molecule has 1 heterocycles. The summed E-state index contributed by atoms with van der Waals surface area (Å²) >= 11 is 7.23. The van der Waals surface area contributed by atoms with Crippen LogP contribution in [-0.2, 0) is 16.1 Å². The van der Waals surface area contributed by atoms with Crippen LogP contribution in [-0.4, -0.2) is 66.9 Å². The maximum Gasteiger partial charge on any atom is 0.348 e. The molecule has 4 atom stereocenters. The quantitative estimate of drug-likeness (QED) is 0.460. The molecule has 3 N–H and O–H groups in total. The number of benzene rings is 1. The van der Waals surface area contributed by atoms with Crippen LogP contribution in [0.4, 0.5) is 5.69 Å². The largest absolute Gasteiger partial charge is 0.459 e. The summed E-state index contributed by atoms with van der Waals surface area (Å²) < 4.78 is 10.7. The lowest BCUT2D eigenvalue weighted by atomic mass is 9.93. The van der Waals surface area contributed by atoms with E-state index in [1.807, 2.05) is 36.2 Å². The molecule has 0 saturated heterocycles. The summed E-state index contributed by atoms with van der Waals surface area (Å²) in [5.41, 5.74) is 0.983. The third-order valence-corrected chi connectivity index (χ3v) is 6.81. The number of thiophene rings is 1. The molecule has 1 aliphatic carbocycles. The third-order valence-electron chi connectivity index (χ3n) is 5.52. The first-order valence-electron chi connectivity index (χ1n) is 10.2. The Hall–Kier alpha value is -1.68. The topological polar surface area (TPSA) is 99.5 Å². The third kappa shape index (κ3) is 6.41. The van der Waals surface area contributed by atoms with E-state index in [1.165, 1.54) is 11.3 Å². The lowest BCUT2D eigenvalue weighted by molar-refractivity contribution is 0.0194. The smallest absolute Gasteiger partial charge is 0.348 e. The Balaban J connectivity index is 1.54. The summed E-state index contributed by atoms with van der Waals surface area (Å²) in [4.78, 5) is 15.2. The van der Waals surface area contributed by atoms with E-state index in [0.717, 1.165) is 10.6 Å². The van der Waals surface area contributed by atoms with E-state index in [9.17, 15) is 15.0 Å². The first-order valence-corrected chi connectivity index (χ1v) is 11.4. The van der Waals surface area contributed by atoms with E-state index in [1.54, 1.807) is 12.1 Å². The summed E-state index contributed by atoms with van der Waals surface area (Å²) in [7, 11) is 1.95. The van der Waals surface area contributed by atoms with E-state index in [2.05, 4.69) is 0 Å². The van der Waals surface area contributed by atoms with Crippen LogP contribution in [0, 0.1) is 11.8 Å². The normalized spacial score (nSPS) is 23.1. The molecule has 1 aromatic carbocycles. The second-order valence-electron chi connectivity index (χ2n) is 7.70. The van der Waals surface area contributed by atoms with Gasteiger partial charge < -0.3 is 29.7 Å². The van der Waals surface area contributed by atoms with Gasteiger partial charge in [-0.15, -0.1) is 11.3 Å². The molecular formula is C22H28ClNO6S. The van der Waals surface area contributed by atoms with Crippen molar-refractivity contribution in [2.75, 3.05) is 38.3 Å². The van der Waals surface area contributed by atoms with Crippen LogP contribution < -0.4 is 4.90 Å². The van der Waals surface area contributed by atoms with Gasteiger partial charge in [-0.2, -0.15) is 0 Å². The highest BCUT2D eigenvalue weighted by Gasteiger charge is 2.42. The van der Waals surface area contributed by atoms with Crippen LogP contribution in [0.3, 0.4) is 0 Å². The highest BCUT2D eigenvalue weighted by Crippen LogP contribution is 2.34. The number of esters is 1. The minimum atomic E-state index is -0.633. The van der Waals surface area contributed by atoms with E-state index in [0.29, 0.717) is 36.1 Å². The van der Waals surface area contributed by atoms with Crippen LogP contribution in [0.1, 0.15) is 21.0 Å². The summed E-state index contributed by atoms with van der Waals surface area (Å²) in [5.74, 6) is -0.799. The standard InChI is InChI=1S/C22H28ClNO6S/c1-24(15-4-2-14(23)3-5-15)11-17-18(20(27)10-19(17)26)13-29-12-16-6-7-21(31-16)22(28)30-9-8-25/h2-7,17-20,25-27H,8-13H2,1H3/t17-,18-,19?,20?/m1/s1. The average molecular weight is 470 g/mol. The van der Waals surface area contributed by atoms with Gasteiger partial charge >= 0.3 is 5.97 Å². The summed E-state index contributed by atoms with van der Waals surface area (Å²) in [6.07, 6.45) is -0.911. The van der Waals surface area contributed by atoms with Gasteiger partial charge in [-0.25, -0.2) is 4.79 Å². The van der Waals surface area contributed by atoms with Gasteiger partial charge in [0, 0.05) is 41.0 Å². The van der Waals surface area contributed by atoms with E-state index >= 15 is 0 Å². The van der Waals surface area contributed by atoms with Crippen LogP contribution in [0.25, 0.3) is 0 Å². The number of carbonyl (C=O) groups is 1. The monoisotopic (exact) mass is 469 g/mol. The number of aliphatic hydroxyl groups excluding tert-OH is 3. The Labute approximate surface area is 190 Å². The van der Waals surface area contributed by atoms with E-state index < -0.39 is 18.2 Å². The van der Waals surface area contributed by atoms with Gasteiger partial charge in [0.05, 0.1) is 32.0 Å². The Kier molecular flexibility index (Phi) is 8.71. The Morgan fingerprint density at radius 1 is 1.16 bits per heavy atom. The van der Waals surface area contributed by atoms with Gasteiger partial charge in [0.2, 0.25) is 0 Å². The predicted octanol–water partition coefficient (Wildman–Crippen LogP) is 2.56. The van der Waals surface area contributed by atoms with Crippen molar-refractivity contribution in [3.05, 3.63) is 51.2 Å². The number of anilines is 1. The van der Waals surface area contributed by atoms with Crippen LogP contribution in [0.2, 0.25) is 5.02 Å². The van der Waals surface area contributed by atoms with Gasteiger partial charge in [-0.05, 0) is 42.8 Å². The molecule has 31 heavy (non-hydrogen) atoms. The zero-order chi connectivity index (χ0) is 22.4. The molecule has 2 aromatic rings. The number of nitrogens with zero attached hydrogens (tertiary/aromatic N) is 1. The molecule has 0 aliphatic heterocycles. The SMILES string of the molecule is CN(C[C@H]1C(O)CC(O)[C@@H]1COCc1ccc(C(=O)OCCO)s1)c1ccc(Cl)cc1. The Bertz CT molecular complexity index is 845. The number of rotatable bonds is 10.